The lowest BCUT2D eigenvalue weighted by atomic mass is 9.87. The summed E-state index contributed by atoms with van der Waals surface area (Å²) in [5.41, 5.74) is 2.83. The number of amides is 2. The number of hydrogen-bond acceptors (Lipinski definition) is 3. The van der Waals surface area contributed by atoms with E-state index in [1.807, 2.05) is 68.4 Å². The van der Waals surface area contributed by atoms with E-state index in [-0.39, 0.29) is 42.2 Å². The molecule has 1 atom stereocenters. The summed E-state index contributed by atoms with van der Waals surface area (Å²) in [6.45, 7) is 10.1. The minimum Gasteiger partial charge on any atom is -0.484 e. The molecule has 0 aliphatic heterocycles. The lowest BCUT2D eigenvalue weighted by Crippen LogP contribution is -2.52. The highest BCUT2D eigenvalue weighted by Crippen LogP contribution is 2.24. The van der Waals surface area contributed by atoms with Gasteiger partial charge in [-0.2, -0.15) is 0 Å². The zero-order valence-corrected chi connectivity index (χ0v) is 22.3. The van der Waals surface area contributed by atoms with Crippen molar-refractivity contribution in [3.8, 4) is 5.75 Å². The van der Waals surface area contributed by atoms with Gasteiger partial charge in [-0.3, -0.25) is 9.59 Å². The lowest BCUT2D eigenvalue weighted by Gasteiger charge is -2.32. The number of hydrogen-bond donors (Lipinski definition) is 1. The van der Waals surface area contributed by atoms with Crippen LogP contribution in [0, 0.1) is 5.82 Å². The van der Waals surface area contributed by atoms with Gasteiger partial charge in [-0.05, 0) is 60.2 Å². The summed E-state index contributed by atoms with van der Waals surface area (Å²) in [5.74, 6) is -0.357. The SMILES string of the molecule is CC(C)NC(=O)[C@@H](Cc1ccccc1)N(Cc1ccc(F)cc1)C(=O)COc1ccc(C(C)(C)C)cc1. The Bertz CT molecular complexity index is 1150. The monoisotopic (exact) mass is 504 g/mol. The number of nitrogens with zero attached hydrogens (tertiary/aromatic N) is 1. The van der Waals surface area contributed by atoms with Crippen LogP contribution in [0.5, 0.6) is 5.75 Å². The molecule has 3 aromatic carbocycles. The second-order valence-corrected chi connectivity index (χ2v) is 10.6. The second-order valence-electron chi connectivity index (χ2n) is 10.6. The van der Waals surface area contributed by atoms with Gasteiger partial charge in [0, 0.05) is 19.0 Å². The molecule has 0 radical (unpaired) electrons. The summed E-state index contributed by atoms with van der Waals surface area (Å²) < 4.78 is 19.4. The fraction of sp³-hybridized carbons (Fsp3) is 0.355. The first kappa shape index (κ1) is 27.9. The van der Waals surface area contributed by atoms with Gasteiger partial charge in [-0.1, -0.05) is 75.4 Å². The molecule has 3 aromatic rings. The van der Waals surface area contributed by atoms with E-state index in [9.17, 15) is 14.0 Å². The number of carbonyl (C=O) groups excluding carboxylic acids is 2. The van der Waals surface area contributed by atoms with Crippen molar-refractivity contribution in [3.05, 3.63) is 101 Å². The summed E-state index contributed by atoms with van der Waals surface area (Å²) in [4.78, 5) is 28.5. The smallest absolute Gasteiger partial charge is 0.261 e. The van der Waals surface area contributed by atoms with E-state index >= 15 is 0 Å². The normalized spacial score (nSPS) is 12.2. The maximum atomic E-state index is 13.6. The van der Waals surface area contributed by atoms with Gasteiger partial charge in [0.05, 0.1) is 0 Å². The van der Waals surface area contributed by atoms with Crippen LogP contribution >= 0.6 is 0 Å². The molecule has 0 bridgehead atoms. The van der Waals surface area contributed by atoms with Crippen molar-refractivity contribution in [2.24, 2.45) is 0 Å². The Morgan fingerprint density at radius 2 is 1.51 bits per heavy atom. The molecule has 1 N–H and O–H groups in total. The summed E-state index contributed by atoms with van der Waals surface area (Å²) in [7, 11) is 0. The molecule has 6 heteroatoms. The molecule has 196 valence electrons. The van der Waals surface area contributed by atoms with E-state index < -0.39 is 6.04 Å². The van der Waals surface area contributed by atoms with Crippen LogP contribution in [-0.2, 0) is 28.0 Å². The van der Waals surface area contributed by atoms with Crippen molar-refractivity contribution >= 4 is 11.8 Å². The van der Waals surface area contributed by atoms with Gasteiger partial charge in [0.15, 0.2) is 6.61 Å². The van der Waals surface area contributed by atoms with Crippen molar-refractivity contribution < 1.29 is 18.7 Å². The predicted molar refractivity (Wildman–Crippen MR) is 145 cm³/mol. The molecule has 0 spiro atoms. The zero-order chi connectivity index (χ0) is 27.0. The Labute approximate surface area is 219 Å². The van der Waals surface area contributed by atoms with Crippen molar-refractivity contribution in [1.29, 1.82) is 0 Å². The quantitative estimate of drug-likeness (QED) is 0.387. The molecule has 0 saturated carbocycles. The Kier molecular flexibility index (Phi) is 9.45. The molecule has 5 nitrogen and oxygen atoms in total. The average Bonchev–Trinajstić information content (AvgIpc) is 2.85. The molecule has 0 aromatic heterocycles. The minimum absolute atomic E-state index is 0.00867. The summed E-state index contributed by atoms with van der Waals surface area (Å²) in [5, 5.41) is 2.95. The fourth-order valence-electron chi connectivity index (χ4n) is 4.00. The first-order valence-electron chi connectivity index (χ1n) is 12.6. The van der Waals surface area contributed by atoms with Crippen LogP contribution in [0.25, 0.3) is 0 Å². The van der Waals surface area contributed by atoms with E-state index in [0.717, 1.165) is 16.7 Å². The van der Waals surface area contributed by atoms with Gasteiger partial charge in [0.2, 0.25) is 5.91 Å². The van der Waals surface area contributed by atoms with E-state index in [1.165, 1.54) is 17.0 Å². The largest absolute Gasteiger partial charge is 0.484 e. The number of ether oxygens (including phenoxy) is 1. The van der Waals surface area contributed by atoms with Gasteiger partial charge in [-0.15, -0.1) is 0 Å². The molecule has 0 fully saturated rings. The number of halogens is 1. The highest BCUT2D eigenvalue weighted by molar-refractivity contribution is 5.88. The average molecular weight is 505 g/mol. The first-order valence-corrected chi connectivity index (χ1v) is 12.6. The molecule has 3 rings (SSSR count). The Balaban J connectivity index is 1.87. The van der Waals surface area contributed by atoms with E-state index in [2.05, 4.69) is 26.1 Å². The van der Waals surface area contributed by atoms with Crippen LogP contribution in [0.3, 0.4) is 0 Å². The number of rotatable bonds is 10. The molecular weight excluding hydrogens is 467 g/mol. The fourth-order valence-corrected chi connectivity index (χ4v) is 4.00. The van der Waals surface area contributed by atoms with Gasteiger partial charge in [-0.25, -0.2) is 4.39 Å². The predicted octanol–water partition coefficient (Wildman–Crippen LogP) is 5.67. The van der Waals surface area contributed by atoms with Crippen molar-refractivity contribution in [1.82, 2.24) is 10.2 Å². The first-order chi connectivity index (χ1) is 17.5. The van der Waals surface area contributed by atoms with Gasteiger partial charge < -0.3 is 15.0 Å². The summed E-state index contributed by atoms with van der Waals surface area (Å²) in [6.07, 6.45) is 0.340. The zero-order valence-electron chi connectivity index (χ0n) is 22.3. The maximum Gasteiger partial charge on any atom is 0.261 e. The molecule has 0 saturated heterocycles. The van der Waals surface area contributed by atoms with Gasteiger partial charge in [0.25, 0.3) is 5.91 Å². The number of nitrogens with one attached hydrogen (secondary N) is 1. The Hall–Kier alpha value is -3.67. The van der Waals surface area contributed by atoms with Crippen LogP contribution in [-0.4, -0.2) is 35.4 Å². The number of carbonyl (C=O) groups is 2. The van der Waals surface area contributed by atoms with Crippen LogP contribution < -0.4 is 10.1 Å². The lowest BCUT2D eigenvalue weighted by molar-refractivity contribution is -0.143. The van der Waals surface area contributed by atoms with Gasteiger partial charge in [0.1, 0.15) is 17.6 Å². The third kappa shape index (κ3) is 8.45. The third-order valence-corrected chi connectivity index (χ3v) is 6.05. The van der Waals surface area contributed by atoms with E-state index in [1.54, 1.807) is 12.1 Å². The van der Waals surface area contributed by atoms with Crippen LogP contribution in [0.2, 0.25) is 0 Å². The topological polar surface area (TPSA) is 58.6 Å². The molecular formula is C31H37FN2O3. The van der Waals surface area contributed by atoms with Gasteiger partial charge >= 0.3 is 0 Å². The molecule has 0 aliphatic carbocycles. The highest BCUT2D eigenvalue weighted by atomic mass is 19.1. The molecule has 0 heterocycles. The van der Waals surface area contributed by atoms with Crippen LogP contribution in [0.4, 0.5) is 4.39 Å². The summed E-state index contributed by atoms with van der Waals surface area (Å²) in [6, 6.07) is 22.4. The van der Waals surface area contributed by atoms with Crippen LogP contribution in [0.15, 0.2) is 78.9 Å². The Morgan fingerprint density at radius 3 is 2.08 bits per heavy atom. The van der Waals surface area contributed by atoms with Crippen LogP contribution in [0.1, 0.15) is 51.3 Å². The minimum atomic E-state index is -0.769. The van der Waals surface area contributed by atoms with E-state index in [4.69, 9.17) is 4.74 Å². The maximum absolute atomic E-state index is 13.6. The molecule has 0 aliphatic rings. The molecule has 2 amide bonds. The van der Waals surface area contributed by atoms with Crippen molar-refractivity contribution in [3.63, 3.8) is 0 Å². The van der Waals surface area contributed by atoms with Crippen molar-refractivity contribution in [2.75, 3.05) is 6.61 Å². The highest BCUT2D eigenvalue weighted by Gasteiger charge is 2.31. The van der Waals surface area contributed by atoms with Crippen molar-refractivity contribution in [2.45, 2.75) is 65.1 Å². The van der Waals surface area contributed by atoms with E-state index in [0.29, 0.717) is 12.2 Å². The molecule has 0 unspecified atom stereocenters. The number of benzene rings is 3. The third-order valence-electron chi connectivity index (χ3n) is 6.05. The Morgan fingerprint density at radius 1 is 0.892 bits per heavy atom. The standard InChI is InChI=1S/C31H37FN2O3/c1-22(2)33-30(36)28(19-23-9-7-6-8-10-23)34(20-24-11-15-26(32)16-12-24)29(35)21-37-27-17-13-25(14-18-27)31(3,4)5/h6-18,22,28H,19-21H2,1-5H3,(H,33,36)/t28-/m1/s1. The second kappa shape index (κ2) is 12.5. The molecule has 37 heavy (non-hydrogen) atoms. The summed E-state index contributed by atoms with van der Waals surface area (Å²) >= 11 is 0.